The van der Waals surface area contributed by atoms with Crippen molar-refractivity contribution in [3.05, 3.63) is 58.6 Å². The molecule has 0 saturated carbocycles. The van der Waals surface area contributed by atoms with Gasteiger partial charge in [0.25, 0.3) is 5.91 Å². The van der Waals surface area contributed by atoms with E-state index in [9.17, 15) is 9.59 Å². The Labute approximate surface area is 166 Å². The molecular formula is C20H20ClN3O2S. The van der Waals surface area contributed by atoms with Gasteiger partial charge in [-0.25, -0.2) is 4.98 Å². The number of aromatic nitrogens is 1. The highest BCUT2D eigenvalue weighted by atomic mass is 35.5. The van der Waals surface area contributed by atoms with Crippen molar-refractivity contribution in [3.63, 3.8) is 0 Å². The summed E-state index contributed by atoms with van der Waals surface area (Å²) >= 11 is 7.29. The first-order valence-corrected chi connectivity index (χ1v) is 9.66. The number of thiazole rings is 1. The Morgan fingerprint density at radius 1 is 1.11 bits per heavy atom. The average molecular weight is 402 g/mol. The maximum atomic E-state index is 12.2. The number of rotatable bonds is 4. The Morgan fingerprint density at radius 2 is 1.81 bits per heavy atom. The number of nitrogens with zero attached hydrogens (tertiary/aromatic N) is 1. The summed E-state index contributed by atoms with van der Waals surface area (Å²) in [7, 11) is 0. The molecular weight excluding hydrogens is 382 g/mol. The van der Waals surface area contributed by atoms with Crippen LogP contribution in [0.2, 0.25) is 5.02 Å². The molecule has 140 valence electrons. The van der Waals surface area contributed by atoms with Gasteiger partial charge in [-0.05, 0) is 41.3 Å². The van der Waals surface area contributed by atoms with E-state index >= 15 is 0 Å². The first-order valence-electron chi connectivity index (χ1n) is 8.47. The van der Waals surface area contributed by atoms with E-state index in [4.69, 9.17) is 11.6 Å². The van der Waals surface area contributed by atoms with Crippen LogP contribution < -0.4 is 10.6 Å². The number of amides is 2. The van der Waals surface area contributed by atoms with Gasteiger partial charge < -0.3 is 10.6 Å². The third-order valence-electron chi connectivity index (χ3n) is 4.02. The highest BCUT2D eigenvalue weighted by Gasteiger charge is 2.15. The number of benzene rings is 2. The SMILES string of the molecule is CC(C)(C)c1ccc(C(=O)NCC(=O)Nc2nc3ccc(Cl)cc3s2)cc1. The van der Waals surface area contributed by atoms with Gasteiger partial charge in [0.15, 0.2) is 5.13 Å². The summed E-state index contributed by atoms with van der Waals surface area (Å²) < 4.78 is 0.890. The molecule has 0 spiro atoms. The number of fused-ring (bicyclic) bond motifs is 1. The molecule has 0 fully saturated rings. The second-order valence-corrected chi connectivity index (χ2v) is 8.66. The first-order chi connectivity index (χ1) is 12.7. The Balaban J connectivity index is 1.57. The zero-order valence-corrected chi connectivity index (χ0v) is 16.9. The molecule has 0 saturated heterocycles. The number of halogens is 1. The van der Waals surface area contributed by atoms with E-state index in [0.29, 0.717) is 15.7 Å². The van der Waals surface area contributed by atoms with Crippen molar-refractivity contribution in [3.8, 4) is 0 Å². The van der Waals surface area contributed by atoms with Gasteiger partial charge in [0.2, 0.25) is 5.91 Å². The third kappa shape index (κ3) is 4.84. The molecule has 1 aromatic heterocycles. The maximum Gasteiger partial charge on any atom is 0.251 e. The fourth-order valence-electron chi connectivity index (χ4n) is 2.50. The predicted molar refractivity (Wildman–Crippen MR) is 111 cm³/mol. The number of hydrogen-bond donors (Lipinski definition) is 2. The van der Waals surface area contributed by atoms with Crippen LogP contribution in [0.15, 0.2) is 42.5 Å². The van der Waals surface area contributed by atoms with Crippen LogP contribution in [-0.4, -0.2) is 23.3 Å². The zero-order chi connectivity index (χ0) is 19.6. The van der Waals surface area contributed by atoms with E-state index in [0.717, 1.165) is 15.8 Å². The molecule has 27 heavy (non-hydrogen) atoms. The standard InChI is InChI=1S/C20H20ClN3O2S/c1-20(2,3)13-6-4-12(5-7-13)18(26)22-11-17(25)24-19-23-15-9-8-14(21)10-16(15)27-19/h4-10H,11H2,1-3H3,(H,22,26)(H,23,24,25). The molecule has 0 radical (unpaired) electrons. The molecule has 0 aliphatic rings. The van der Waals surface area contributed by atoms with Gasteiger partial charge >= 0.3 is 0 Å². The molecule has 0 bridgehead atoms. The van der Waals surface area contributed by atoms with Crippen LogP contribution in [-0.2, 0) is 10.2 Å². The van der Waals surface area contributed by atoms with Crippen molar-refractivity contribution in [2.24, 2.45) is 0 Å². The number of hydrogen-bond acceptors (Lipinski definition) is 4. The van der Waals surface area contributed by atoms with Gasteiger partial charge in [-0.2, -0.15) is 0 Å². The molecule has 2 N–H and O–H groups in total. The monoisotopic (exact) mass is 401 g/mol. The summed E-state index contributed by atoms with van der Waals surface area (Å²) in [5, 5.41) is 6.41. The highest BCUT2D eigenvalue weighted by Crippen LogP contribution is 2.28. The largest absolute Gasteiger partial charge is 0.343 e. The first kappa shape index (κ1) is 19.3. The number of carbonyl (C=O) groups excluding carboxylic acids is 2. The van der Waals surface area contributed by atoms with E-state index in [1.54, 1.807) is 30.3 Å². The van der Waals surface area contributed by atoms with Crippen molar-refractivity contribution < 1.29 is 9.59 Å². The summed E-state index contributed by atoms with van der Waals surface area (Å²) in [6.45, 7) is 6.21. The van der Waals surface area contributed by atoms with Gasteiger partial charge in [0.1, 0.15) is 0 Å². The van der Waals surface area contributed by atoms with E-state index in [1.165, 1.54) is 11.3 Å². The van der Waals surface area contributed by atoms with Gasteiger partial charge in [-0.1, -0.05) is 55.8 Å². The molecule has 3 aromatic rings. The van der Waals surface area contributed by atoms with Crippen LogP contribution in [0, 0.1) is 0 Å². The third-order valence-corrected chi connectivity index (χ3v) is 5.19. The van der Waals surface area contributed by atoms with E-state index in [2.05, 4.69) is 36.4 Å². The van der Waals surface area contributed by atoms with E-state index < -0.39 is 0 Å². The Bertz CT molecular complexity index is 991. The predicted octanol–water partition coefficient (Wildman–Crippen LogP) is 4.62. The van der Waals surface area contributed by atoms with E-state index in [1.807, 2.05) is 12.1 Å². The number of nitrogens with one attached hydrogen (secondary N) is 2. The van der Waals surface area contributed by atoms with Crippen LogP contribution in [0.25, 0.3) is 10.2 Å². The lowest BCUT2D eigenvalue weighted by Crippen LogP contribution is -2.32. The number of anilines is 1. The minimum Gasteiger partial charge on any atom is -0.343 e. The fraction of sp³-hybridized carbons (Fsp3) is 0.250. The van der Waals surface area contributed by atoms with Crippen molar-refractivity contribution in [2.75, 3.05) is 11.9 Å². The summed E-state index contributed by atoms with van der Waals surface area (Å²) in [5.74, 6) is -0.624. The van der Waals surface area contributed by atoms with Crippen LogP contribution in [0.4, 0.5) is 5.13 Å². The Hall–Kier alpha value is -2.44. The van der Waals surface area contributed by atoms with Crippen LogP contribution in [0.1, 0.15) is 36.7 Å². The van der Waals surface area contributed by atoms with Crippen molar-refractivity contribution in [1.29, 1.82) is 0 Å². The van der Waals surface area contributed by atoms with Gasteiger partial charge in [0, 0.05) is 10.6 Å². The zero-order valence-electron chi connectivity index (χ0n) is 15.3. The van der Waals surface area contributed by atoms with Crippen molar-refractivity contribution in [1.82, 2.24) is 10.3 Å². The normalized spacial score (nSPS) is 11.4. The average Bonchev–Trinajstić information content (AvgIpc) is 3.00. The minimum absolute atomic E-state index is 0.0242. The van der Waals surface area contributed by atoms with Crippen LogP contribution in [0.3, 0.4) is 0 Å². The van der Waals surface area contributed by atoms with Gasteiger partial charge in [0.05, 0.1) is 16.8 Å². The van der Waals surface area contributed by atoms with Crippen LogP contribution >= 0.6 is 22.9 Å². The molecule has 0 unspecified atom stereocenters. The molecule has 2 amide bonds. The Kier molecular flexibility index (Phi) is 5.48. The van der Waals surface area contributed by atoms with Crippen molar-refractivity contribution >= 4 is 50.1 Å². The molecule has 2 aromatic carbocycles. The molecule has 1 heterocycles. The van der Waals surface area contributed by atoms with E-state index in [-0.39, 0.29) is 23.8 Å². The van der Waals surface area contributed by atoms with Crippen LogP contribution in [0.5, 0.6) is 0 Å². The second kappa shape index (κ2) is 7.66. The molecule has 3 rings (SSSR count). The summed E-state index contributed by atoms with van der Waals surface area (Å²) in [4.78, 5) is 28.6. The molecule has 5 nitrogen and oxygen atoms in total. The topological polar surface area (TPSA) is 71.1 Å². The summed E-state index contributed by atoms with van der Waals surface area (Å²) in [6, 6.07) is 12.7. The quantitative estimate of drug-likeness (QED) is 0.670. The van der Waals surface area contributed by atoms with Gasteiger partial charge in [-0.3, -0.25) is 9.59 Å². The van der Waals surface area contributed by atoms with Gasteiger partial charge in [-0.15, -0.1) is 0 Å². The maximum absolute atomic E-state index is 12.2. The minimum atomic E-state index is -0.334. The van der Waals surface area contributed by atoms with Crippen molar-refractivity contribution in [2.45, 2.75) is 26.2 Å². The lowest BCUT2D eigenvalue weighted by molar-refractivity contribution is -0.115. The smallest absolute Gasteiger partial charge is 0.251 e. The molecule has 0 aliphatic carbocycles. The molecule has 0 aliphatic heterocycles. The second-order valence-electron chi connectivity index (χ2n) is 7.19. The highest BCUT2D eigenvalue weighted by molar-refractivity contribution is 7.22. The fourth-order valence-corrected chi connectivity index (χ4v) is 3.66. The summed E-state index contributed by atoms with van der Waals surface area (Å²) in [5.41, 5.74) is 2.46. The number of carbonyl (C=O) groups is 2. The summed E-state index contributed by atoms with van der Waals surface area (Å²) in [6.07, 6.45) is 0. The molecule has 7 heteroatoms. The lowest BCUT2D eigenvalue weighted by atomic mass is 9.87. The molecule has 0 atom stereocenters. The lowest BCUT2D eigenvalue weighted by Gasteiger charge is -2.19. The Morgan fingerprint density at radius 3 is 2.48 bits per heavy atom.